The molecule has 0 saturated heterocycles. The quantitative estimate of drug-likeness (QED) is 0.697. The minimum Gasteiger partial charge on any atom is -0.451 e. The Balaban J connectivity index is 1.40. The zero-order valence-corrected chi connectivity index (χ0v) is 16.0. The van der Waals surface area contributed by atoms with Gasteiger partial charge in [-0.25, -0.2) is 4.79 Å². The first-order chi connectivity index (χ1) is 13.0. The lowest BCUT2D eigenvalue weighted by Crippen LogP contribution is -2.55. The molecular weight excluding hydrogens is 338 g/mol. The van der Waals surface area contributed by atoms with Gasteiger partial charge in [-0.3, -0.25) is 0 Å². The molecule has 6 rings (SSSR count). The summed E-state index contributed by atoms with van der Waals surface area (Å²) in [6, 6.07) is 0. The number of ether oxygens (including phenoxy) is 1. The van der Waals surface area contributed by atoms with E-state index in [1.165, 1.54) is 18.4 Å². The summed E-state index contributed by atoms with van der Waals surface area (Å²) in [5.74, 6) is 3.72. The monoisotopic (exact) mass is 367 g/mol. The molecule has 1 spiro atoms. The molecule has 6 aliphatic rings. The van der Waals surface area contributed by atoms with Gasteiger partial charge in [-0.2, -0.15) is 0 Å². The standard InChI is InChI=1S/C23H29NO3/c1-22-6-4-15-14-3-2-13(24)9-16(14)12(11-25)8-17(15)21(22)18-10-19(18)23(22)7-5-20(26)27-23/h5,7,9,12,14-15,17-19,21,24-25H,2-4,6,8,10-11H2,1H3/t12-,14?,15?,17?,18?,19?,21?,22-,23-/m0/s1. The fourth-order valence-corrected chi connectivity index (χ4v) is 8.50. The molecule has 4 heteroatoms. The van der Waals surface area contributed by atoms with Crippen molar-refractivity contribution < 1.29 is 14.6 Å². The van der Waals surface area contributed by atoms with E-state index in [4.69, 9.17) is 10.1 Å². The summed E-state index contributed by atoms with van der Waals surface area (Å²) in [7, 11) is 0. The van der Waals surface area contributed by atoms with Crippen LogP contribution < -0.4 is 0 Å². The minimum absolute atomic E-state index is 0.0486. The van der Waals surface area contributed by atoms with E-state index in [9.17, 15) is 9.90 Å². The van der Waals surface area contributed by atoms with E-state index in [0.29, 0.717) is 35.5 Å². The van der Waals surface area contributed by atoms with Crippen molar-refractivity contribution in [2.75, 3.05) is 6.61 Å². The predicted octanol–water partition coefficient (Wildman–Crippen LogP) is 3.50. The van der Waals surface area contributed by atoms with E-state index in [0.717, 1.165) is 31.4 Å². The van der Waals surface area contributed by atoms with Crippen molar-refractivity contribution in [1.82, 2.24) is 0 Å². The lowest BCUT2D eigenvalue weighted by Gasteiger charge is -2.58. The van der Waals surface area contributed by atoms with E-state index < -0.39 is 0 Å². The van der Waals surface area contributed by atoms with Crippen LogP contribution in [0.5, 0.6) is 0 Å². The summed E-state index contributed by atoms with van der Waals surface area (Å²) < 4.78 is 6.05. The van der Waals surface area contributed by atoms with Gasteiger partial charge in [-0.1, -0.05) is 12.5 Å². The highest BCUT2D eigenvalue weighted by Gasteiger charge is 2.78. The Hall–Kier alpha value is -1.42. The van der Waals surface area contributed by atoms with Crippen molar-refractivity contribution in [3.8, 4) is 0 Å². The number of hydrogen-bond donors (Lipinski definition) is 2. The topological polar surface area (TPSA) is 70.4 Å². The van der Waals surface area contributed by atoms with Crippen LogP contribution in [-0.4, -0.2) is 29.0 Å². The van der Waals surface area contributed by atoms with E-state index in [-0.39, 0.29) is 29.5 Å². The summed E-state index contributed by atoms with van der Waals surface area (Å²) >= 11 is 0. The van der Waals surface area contributed by atoms with Gasteiger partial charge in [-0.05, 0) is 80.3 Å². The Labute approximate surface area is 160 Å². The highest BCUT2D eigenvalue weighted by atomic mass is 16.6. The molecule has 1 aliphatic heterocycles. The maximum Gasteiger partial charge on any atom is 0.331 e. The third-order valence-electron chi connectivity index (χ3n) is 9.48. The summed E-state index contributed by atoms with van der Waals surface area (Å²) in [6.45, 7) is 2.59. The second-order valence-electron chi connectivity index (χ2n) is 10.3. The number of rotatable bonds is 1. The van der Waals surface area contributed by atoms with Gasteiger partial charge in [0.15, 0.2) is 0 Å². The molecule has 0 radical (unpaired) electrons. The van der Waals surface area contributed by atoms with E-state index in [1.54, 1.807) is 6.08 Å². The predicted molar refractivity (Wildman–Crippen MR) is 101 cm³/mol. The Bertz CT molecular complexity index is 799. The Morgan fingerprint density at radius 2 is 2.11 bits per heavy atom. The average molecular weight is 367 g/mol. The van der Waals surface area contributed by atoms with Crippen LogP contribution in [0.3, 0.4) is 0 Å². The van der Waals surface area contributed by atoms with Crippen LogP contribution >= 0.6 is 0 Å². The molecule has 4 fully saturated rings. The highest BCUT2D eigenvalue weighted by Crippen LogP contribution is 2.77. The molecule has 144 valence electrons. The van der Waals surface area contributed by atoms with Gasteiger partial charge in [0, 0.05) is 35.6 Å². The number of aliphatic hydroxyl groups excluding tert-OH is 1. The van der Waals surface area contributed by atoms with Crippen LogP contribution in [0.1, 0.15) is 45.4 Å². The number of aliphatic hydroxyl groups is 1. The van der Waals surface area contributed by atoms with Crippen molar-refractivity contribution in [3.05, 3.63) is 23.8 Å². The molecule has 0 aromatic heterocycles. The van der Waals surface area contributed by atoms with Crippen molar-refractivity contribution in [2.24, 2.45) is 46.8 Å². The molecule has 5 aliphatic carbocycles. The summed E-state index contributed by atoms with van der Waals surface area (Å²) in [6.07, 6.45) is 12.4. The third-order valence-corrected chi connectivity index (χ3v) is 9.48. The van der Waals surface area contributed by atoms with Gasteiger partial charge in [0.25, 0.3) is 0 Å². The SMILES string of the molecule is C[C@]12CCC3C4CCC(=N)C=C4[C@H](CO)CC3C1C1CC1[C@@]21C=CC(=O)O1. The van der Waals surface area contributed by atoms with Crippen LogP contribution in [0, 0.1) is 52.2 Å². The lowest BCUT2D eigenvalue weighted by molar-refractivity contribution is -0.168. The first kappa shape index (κ1) is 16.5. The second kappa shape index (κ2) is 5.14. The number of esters is 1. The number of hydrogen-bond acceptors (Lipinski definition) is 4. The number of nitrogens with one attached hydrogen (secondary N) is 1. The zero-order chi connectivity index (χ0) is 18.6. The van der Waals surface area contributed by atoms with Gasteiger partial charge in [0.2, 0.25) is 0 Å². The Morgan fingerprint density at radius 3 is 2.85 bits per heavy atom. The molecule has 6 unspecified atom stereocenters. The van der Waals surface area contributed by atoms with Crippen molar-refractivity contribution in [2.45, 2.75) is 51.0 Å². The van der Waals surface area contributed by atoms with Crippen LogP contribution in [-0.2, 0) is 9.53 Å². The molecule has 4 nitrogen and oxygen atoms in total. The van der Waals surface area contributed by atoms with Crippen LogP contribution in [0.25, 0.3) is 0 Å². The van der Waals surface area contributed by atoms with Crippen molar-refractivity contribution in [1.29, 1.82) is 5.41 Å². The molecule has 0 amide bonds. The van der Waals surface area contributed by atoms with Gasteiger partial charge in [-0.15, -0.1) is 0 Å². The molecule has 0 aromatic carbocycles. The Morgan fingerprint density at radius 1 is 1.26 bits per heavy atom. The Kier molecular flexibility index (Phi) is 3.14. The normalized spacial score (nSPS) is 54.7. The van der Waals surface area contributed by atoms with Crippen molar-refractivity contribution >= 4 is 11.7 Å². The average Bonchev–Trinajstić information content (AvgIpc) is 3.29. The summed E-state index contributed by atoms with van der Waals surface area (Å²) in [4.78, 5) is 12.0. The van der Waals surface area contributed by atoms with E-state index >= 15 is 0 Å². The molecule has 9 atom stereocenters. The van der Waals surface area contributed by atoms with Gasteiger partial charge in [0.1, 0.15) is 5.60 Å². The first-order valence-corrected chi connectivity index (χ1v) is 10.8. The molecule has 4 saturated carbocycles. The van der Waals surface area contributed by atoms with Gasteiger partial charge >= 0.3 is 5.97 Å². The maximum atomic E-state index is 12.0. The smallest absolute Gasteiger partial charge is 0.331 e. The molecule has 2 N–H and O–H groups in total. The van der Waals surface area contributed by atoms with Crippen LogP contribution in [0.2, 0.25) is 0 Å². The lowest BCUT2D eigenvalue weighted by atomic mass is 9.48. The fraction of sp³-hybridized carbons (Fsp3) is 0.739. The number of allylic oxidation sites excluding steroid dienone is 1. The van der Waals surface area contributed by atoms with Crippen LogP contribution in [0.4, 0.5) is 0 Å². The van der Waals surface area contributed by atoms with E-state index in [2.05, 4.69) is 19.1 Å². The fourth-order valence-electron chi connectivity index (χ4n) is 8.50. The maximum absolute atomic E-state index is 12.0. The number of fused-ring (bicyclic) bond motifs is 9. The van der Waals surface area contributed by atoms with Crippen molar-refractivity contribution in [3.63, 3.8) is 0 Å². The first-order valence-electron chi connectivity index (χ1n) is 10.8. The molecular formula is C23H29NO3. The highest BCUT2D eigenvalue weighted by molar-refractivity contribution is 5.94. The largest absolute Gasteiger partial charge is 0.451 e. The summed E-state index contributed by atoms with van der Waals surface area (Å²) in [5, 5.41) is 18.2. The van der Waals surface area contributed by atoms with Crippen LogP contribution in [0.15, 0.2) is 23.8 Å². The summed E-state index contributed by atoms with van der Waals surface area (Å²) in [5.41, 5.74) is 1.80. The molecule has 1 heterocycles. The number of carbonyl (C=O) groups is 1. The third kappa shape index (κ3) is 1.88. The second-order valence-corrected chi connectivity index (χ2v) is 10.3. The molecule has 0 aromatic rings. The minimum atomic E-state index is -0.357. The van der Waals surface area contributed by atoms with Gasteiger partial charge in [0.05, 0.1) is 0 Å². The number of carbonyl (C=O) groups excluding carboxylic acids is 1. The zero-order valence-electron chi connectivity index (χ0n) is 16.0. The van der Waals surface area contributed by atoms with Gasteiger partial charge < -0.3 is 15.3 Å². The van der Waals surface area contributed by atoms with E-state index in [1.807, 2.05) is 0 Å². The molecule has 0 bridgehead atoms. The molecule has 27 heavy (non-hydrogen) atoms.